The highest BCUT2D eigenvalue weighted by atomic mass is 16.6. The van der Waals surface area contributed by atoms with Crippen molar-refractivity contribution in [3.05, 3.63) is 28.3 Å². The molecule has 0 saturated heterocycles. The Bertz CT molecular complexity index is 705. The summed E-state index contributed by atoms with van der Waals surface area (Å²) in [5.74, 6) is -1.32. The molecule has 1 aromatic rings. The number of hydrazine groups is 1. The molecule has 10 heteroatoms. The molecule has 0 aliphatic carbocycles. The van der Waals surface area contributed by atoms with Crippen molar-refractivity contribution in [2.75, 3.05) is 11.4 Å². The lowest BCUT2D eigenvalue weighted by atomic mass is 10.1. The minimum absolute atomic E-state index is 0.136. The van der Waals surface area contributed by atoms with Crippen LogP contribution in [0.2, 0.25) is 0 Å². The smallest absolute Gasteiger partial charge is 0.271 e. The van der Waals surface area contributed by atoms with Gasteiger partial charge in [-0.05, 0) is 12.5 Å². The maximum atomic E-state index is 12.4. The molecule has 2 N–H and O–H groups in total. The Labute approximate surface area is 136 Å². The Hall–Kier alpha value is -3.17. The molecule has 1 atom stereocenters. The molecule has 0 saturated carbocycles. The molecule has 1 aromatic carbocycles. The first-order chi connectivity index (χ1) is 11.3. The molecule has 0 fully saturated rings. The number of nitro groups is 1. The third-order valence-corrected chi connectivity index (χ3v) is 3.31. The molecule has 0 bridgehead atoms. The topological polar surface area (TPSA) is 131 Å². The predicted octanol–water partition coefficient (Wildman–Crippen LogP) is 0.266. The maximum Gasteiger partial charge on any atom is 0.271 e. The highest BCUT2D eigenvalue weighted by Crippen LogP contribution is 2.37. The molecule has 2 rings (SSSR count). The van der Waals surface area contributed by atoms with Gasteiger partial charge in [0.15, 0.2) is 6.10 Å². The fourth-order valence-electron chi connectivity index (χ4n) is 2.19. The molecule has 1 aliphatic rings. The van der Waals surface area contributed by atoms with Crippen LogP contribution in [0.5, 0.6) is 5.75 Å². The first kappa shape index (κ1) is 17.2. The fraction of sp³-hybridized carbons (Fsp3) is 0.357. The Kier molecular flexibility index (Phi) is 4.97. The van der Waals surface area contributed by atoms with Gasteiger partial charge >= 0.3 is 0 Å². The summed E-state index contributed by atoms with van der Waals surface area (Å²) >= 11 is 0. The summed E-state index contributed by atoms with van der Waals surface area (Å²) in [6.45, 7) is 2.55. The number of rotatable bonds is 4. The monoisotopic (exact) mass is 336 g/mol. The average molecular weight is 336 g/mol. The Morgan fingerprint density at radius 3 is 2.67 bits per heavy atom. The maximum absolute atomic E-state index is 12.4. The number of amides is 3. The first-order valence-electron chi connectivity index (χ1n) is 7.15. The number of nitrogens with one attached hydrogen (secondary N) is 2. The minimum atomic E-state index is -0.785. The zero-order valence-corrected chi connectivity index (χ0v) is 13.1. The van der Waals surface area contributed by atoms with Crippen molar-refractivity contribution in [1.29, 1.82) is 0 Å². The number of carbonyl (C=O) groups is 3. The molecule has 0 aromatic heterocycles. The van der Waals surface area contributed by atoms with Gasteiger partial charge in [0.05, 0.1) is 10.6 Å². The van der Waals surface area contributed by atoms with E-state index >= 15 is 0 Å². The first-order valence-corrected chi connectivity index (χ1v) is 7.15. The van der Waals surface area contributed by atoms with E-state index in [4.69, 9.17) is 4.74 Å². The van der Waals surface area contributed by atoms with E-state index in [0.717, 1.165) is 4.90 Å². The fourth-order valence-corrected chi connectivity index (χ4v) is 2.19. The van der Waals surface area contributed by atoms with Gasteiger partial charge < -0.3 is 4.74 Å². The van der Waals surface area contributed by atoms with Gasteiger partial charge in [0.2, 0.25) is 5.91 Å². The molecule has 10 nitrogen and oxygen atoms in total. The van der Waals surface area contributed by atoms with E-state index in [0.29, 0.717) is 6.42 Å². The van der Waals surface area contributed by atoms with Crippen LogP contribution < -0.4 is 20.5 Å². The molecule has 3 amide bonds. The summed E-state index contributed by atoms with van der Waals surface area (Å²) in [6.07, 6.45) is -0.411. The molecule has 24 heavy (non-hydrogen) atoms. The zero-order chi connectivity index (χ0) is 17.9. The summed E-state index contributed by atoms with van der Waals surface area (Å²) in [5, 5.41) is 10.9. The van der Waals surface area contributed by atoms with Crippen LogP contribution in [0.4, 0.5) is 11.4 Å². The predicted molar refractivity (Wildman–Crippen MR) is 82.1 cm³/mol. The third-order valence-electron chi connectivity index (χ3n) is 3.31. The number of fused-ring (bicyclic) bond motifs is 1. The van der Waals surface area contributed by atoms with E-state index in [2.05, 4.69) is 10.9 Å². The zero-order valence-electron chi connectivity index (χ0n) is 13.1. The largest absolute Gasteiger partial charge is 0.478 e. The number of hydrogen-bond acceptors (Lipinski definition) is 6. The summed E-state index contributed by atoms with van der Waals surface area (Å²) in [5.41, 5.74) is 4.16. The lowest BCUT2D eigenvalue weighted by Gasteiger charge is -2.33. The normalized spacial score (nSPS) is 16.0. The molecule has 0 radical (unpaired) electrons. The van der Waals surface area contributed by atoms with Gasteiger partial charge in [-0.15, -0.1) is 0 Å². The van der Waals surface area contributed by atoms with Gasteiger partial charge in [-0.3, -0.25) is 40.2 Å². The summed E-state index contributed by atoms with van der Waals surface area (Å²) in [4.78, 5) is 46.6. The molecular weight excluding hydrogens is 320 g/mol. The lowest BCUT2D eigenvalue weighted by Crippen LogP contribution is -2.52. The van der Waals surface area contributed by atoms with E-state index in [-0.39, 0.29) is 17.1 Å². The highest BCUT2D eigenvalue weighted by molar-refractivity contribution is 6.04. The van der Waals surface area contributed by atoms with Crippen molar-refractivity contribution < 1.29 is 24.0 Å². The van der Waals surface area contributed by atoms with Crippen LogP contribution in [0.1, 0.15) is 20.3 Å². The number of nitro benzene ring substituents is 1. The Morgan fingerprint density at radius 2 is 2.08 bits per heavy atom. The standard InChI is InChI=1S/C14H16N4O6/c1-3-11-14(21)17(7-13(20)16-15-8(2)19)10-6-9(18(22)23)4-5-12(10)24-11/h4-6,11H,3,7H2,1-2H3,(H,15,19)(H,16,20). The van der Waals surface area contributed by atoms with Gasteiger partial charge in [-0.1, -0.05) is 6.92 Å². The number of benzene rings is 1. The molecule has 1 heterocycles. The number of ether oxygens (including phenoxy) is 1. The number of carbonyl (C=O) groups excluding carboxylic acids is 3. The Morgan fingerprint density at radius 1 is 1.38 bits per heavy atom. The van der Waals surface area contributed by atoms with Crippen molar-refractivity contribution in [3.8, 4) is 5.75 Å². The Balaban J connectivity index is 2.32. The number of non-ortho nitro benzene ring substituents is 1. The van der Waals surface area contributed by atoms with Crippen LogP contribution in [-0.4, -0.2) is 35.3 Å². The number of hydrogen-bond donors (Lipinski definition) is 2. The molecular formula is C14H16N4O6. The third kappa shape index (κ3) is 3.59. The molecule has 0 spiro atoms. The van der Waals surface area contributed by atoms with Gasteiger partial charge in [-0.25, -0.2) is 0 Å². The van der Waals surface area contributed by atoms with E-state index < -0.39 is 35.3 Å². The summed E-state index contributed by atoms with van der Waals surface area (Å²) < 4.78 is 5.52. The lowest BCUT2D eigenvalue weighted by molar-refractivity contribution is -0.384. The van der Waals surface area contributed by atoms with Gasteiger partial charge in [-0.2, -0.15) is 0 Å². The number of nitrogens with zero attached hydrogens (tertiary/aromatic N) is 2. The van der Waals surface area contributed by atoms with E-state index in [1.165, 1.54) is 25.1 Å². The van der Waals surface area contributed by atoms with Crippen LogP contribution >= 0.6 is 0 Å². The molecule has 128 valence electrons. The SMILES string of the molecule is CCC1Oc2ccc([N+](=O)[O-])cc2N(CC(=O)NNC(C)=O)C1=O. The van der Waals surface area contributed by atoms with Crippen molar-refractivity contribution in [3.63, 3.8) is 0 Å². The molecule has 1 aliphatic heterocycles. The van der Waals surface area contributed by atoms with E-state index in [1.54, 1.807) is 6.92 Å². The van der Waals surface area contributed by atoms with Crippen molar-refractivity contribution in [2.24, 2.45) is 0 Å². The second-order valence-electron chi connectivity index (χ2n) is 5.08. The van der Waals surface area contributed by atoms with Crippen LogP contribution in [0, 0.1) is 10.1 Å². The quantitative estimate of drug-likeness (QED) is 0.599. The van der Waals surface area contributed by atoms with Crippen LogP contribution in [0.15, 0.2) is 18.2 Å². The van der Waals surface area contributed by atoms with Crippen LogP contribution in [0.3, 0.4) is 0 Å². The van der Waals surface area contributed by atoms with Crippen molar-refractivity contribution >= 4 is 29.1 Å². The van der Waals surface area contributed by atoms with Crippen LogP contribution in [-0.2, 0) is 14.4 Å². The molecule has 1 unspecified atom stereocenters. The van der Waals surface area contributed by atoms with Crippen molar-refractivity contribution in [2.45, 2.75) is 26.4 Å². The van der Waals surface area contributed by atoms with Gasteiger partial charge in [0.1, 0.15) is 12.3 Å². The van der Waals surface area contributed by atoms with Gasteiger partial charge in [0, 0.05) is 19.1 Å². The van der Waals surface area contributed by atoms with E-state index in [1.807, 2.05) is 0 Å². The summed E-state index contributed by atoms with van der Waals surface area (Å²) in [6, 6.07) is 3.82. The second-order valence-corrected chi connectivity index (χ2v) is 5.08. The van der Waals surface area contributed by atoms with Crippen molar-refractivity contribution in [1.82, 2.24) is 10.9 Å². The summed E-state index contributed by atoms with van der Waals surface area (Å²) in [7, 11) is 0. The number of anilines is 1. The van der Waals surface area contributed by atoms with E-state index in [9.17, 15) is 24.5 Å². The highest BCUT2D eigenvalue weighted by Gasteiger charge is 2.35. The second kappa shape index (κ2) is 6.94. The minimum Gasteiger partial charge on any atom is -0.478 e. The van der Waals surface area contributed by atoms with Gasteiger partial charge in [0.25, 0.3) is 17.5 Å². The van der Waals surface area contributed by atoms with Crippen LogP contribution in [0.25, 0.3) is 0 Å². The average Bonchev–Trinajstić information content (AvgIpc) is 2.54.